The van der Waals surface area contributed by atoms with Crippen LogP contribution in [0.1, 0.15) is 52.2 Å². The van der Waals surface area contributed by atoms with E-state index in [1.165, 1.54) is 22.7 Å². The van der Waals surface area contributed by atoms with Gasteiger partial charge in [0.1, 0.15) is 17.9 Å². The van der Waals surface area contributed by atoms with Gasteiger partial charge in [-0.1, -0.05) is 17.3 Å². The summed E-state index contributed by atoms with van der Waals surface area (Å²) in [6.45, 7) is 3.93. The van der Waals surface area contributed by atoms with E-state index in [9.17, 15) is 14.7 Å². The predicted molar refractivity (Wildman–Crippen MR) is 146 cm³/mol. The van der Waals surface area contributed by atoms with Gasteiger partial charge < -0.3 is 14.7 Å². The van der Waals surface area contributed by atoms with Gasteiger partial charge in [0.2, 0.25) is 5.60 Å². The van der Waals surface area contributed by atoms with Crippen molar-refractivity contribution in [2.45, 2.75) is 50.4 Å². The van der Waals surface area contributed by atoms with Gasteiger partial charge in [-0.2, -0.15) is 0 Å². The Morgan fingerprint density at radius 3 is 2.45 bits per heavy atom. The van der Waals surface area contributed by atoms with Crippen LogP contribution in [0.2, 0.25) is 0 Å². The summed E-state index contributed by atoms with van der Waals surface area (Å²) in [5, 5.41) is 23.6. The number of aliphatic hydroxyl groups is 1. The summed E-state index contributed by atoms with van der Waals surface area (Å²) in [5.74, 6) is -0.568. The summed E-state index contributed by atoms with van der Waals surface area (Å²) in [6.07, 6.45) is 5.38. The minimum atomic E-state index is -1.74. The van der Waals surface area contributed by atoms with Gasteiger partial charge >= 0.3 is 5.97 Å². The minimum absolute atomic E-state index is 0.158. The molecule has 4 aromatic rings. The van der Waals surface area contributed by atoms with E-state index in [-0.39, 0.29) is 6.10 Å². The number of aromatic nitrogens is 3. The van der Waals surface area contributed by atoms with Gasteiger partial charge in [-0.3, -0.25) is 4.79 Å². The Bertz CT molecular complexity index is 1370. The van der Waals surface area contributed by atoms with Crippen molar-refractivity contribution < 1.29 is 19.4 Å². The number of carbonyl (C=O) groups excluding carboxylic acids is 2. The van der Waals surface area contributed by atoms with Crippen molar-refractivity contribution >= 4 is 46.0 Å². The molecule has 1 aliphatic heterocycles. The molecular weight excluding hydrogens is 520 g/mol. The highest BCUT2D eigenvalue weighted by Crippen LogP contribution is 2.45. The molecule has 8 nitrogen and oxygen atoms in total. The zero-order chi connectivity index (χ0) is 26.2. The second kappa shape index (κ2) is 10.3. The first-order valence-corrected chi connectivity index (χ1v) is 14.8. The summed E-state index contributed by atoms with van der Waals surface area (Å²) in [6, 6.07) is 12.7. The Balaban J connectivity index is 0.977. The van der Waals surface area contributed by atoms with E-state index in [0.29, 0.717) is 20.7 Å². The van der Waals surface area contributed by atoms with E-state index in [1.54, 1.807) is 24.3 Å². The van der Waals surface area contributed by atoms with Gasteiger partial charge in [0.05, 0.1) is 15.3 Å². The maximum absolute atomic E-state index is 13.3. The van der Waals surface area contributed by atoms with Crippen LogP contribution >= 0.6 is 22.7 Å². The van der Waals surface area contributed by atoms with Gasteiger partial charge in [-0.15, -0.1) is 27.8 Å². The van der Waals surface area contributed by atoms with Crippen molar-refractivity contribution in [3.05, 3.63) is 68.5 Å². The maximum atomic E-state index is 13.3. The molecule has 198 valence electrons. The van der Waals surface area contributed by atoms with Crippen LogP contribution in [-0.2, 0) is 21.7 Å². The Hall–Kier alpha value is -2.92. The van der Waals surface area contributed by atoms with Crippen LogP contribution in [0.4, 0.5) is 0 Å². The van der Waals surface area contributed by atoms with Crippen molar-refractivity contribution in [2.75, 3.05) is 19.6 Å². The number of fused-ring (bicyclic) bond motifs is 1. The van der Waals surface area contributed by atoms with Crippen LogP contribution in [0.25, 0.3) is 11.0 Å². The highest BCUT2D eigenvalue weighted by molar-refractivity contribution is 7.12. The molecule has 1 spiro atoms. The van der Waals surface area contributed by atoms with Gasteiger partial charge in [0.25, 0.3) is 0 Å². The molecule has 1 saturated heterocycles. The summed E-state index contributed by atoms with van der Waals surface area (Å²) in [5.41, 5.74) is 0.886. The maximum Gasteiger partial charge on any atom is 0.349 e. The lowest BCUT2D eigenvalue weighted by Crippen LogP contribution is -2.58. The number of hydrogen-bond acceptors (Lipinski definition) is 9. The van der Waals surface area contributed by atoms with Crippen molar-refractivity contribution in [1.82, 2.24) is 19.9 Å². The molecular formula is C28H30N4O4S2. The summed E-state index contributed by atoms with van der Waals surface area (Å²) >= 11 is 2.73. The van der Waals surface area contributed by atoms with Crippen LogP contribution in [0, 0.1) is 5.41 Å². The van der Waals surface area contributed by atoms with E-state index in [0.717, 1.165) is 75.6 Å². The molecule has 1 aliphatic carbocycles. The van der Waals surface area contributed by atoms with E-state index in [4.69, 9.17) is 4.74 Å². The van der Waals surface area contributed by atoms with Crippen LogP contribution < -0.4 is 0 Å². The second-order valence-corrected chi connectivity index (χ2v) is 12.4. The summed E-state index contributed by atoms with van der Waals surface area (Å²) in [7, 11) is 0. The van der Waals surface area contributed by atoms with E-state index >= 15 is 0 Å². The molecule has 10 heteroatoms. The van der Waals surface area contributed by atoms with Crippen molar-refractivity contribution in [2.24, 2.45) is 5.41 Å². The van der Waals surface area contributed by atoms with Crippen molar-refractivity contribution in [3.63, 3.8) is 0 Å². The van der Waals surface area contributed by atoms with Gasteiger partial charge in [0.15, 0.2) is 0 Å². The number of carbonyl (C=O) groups is 2. The third-order valence-corrected chi connectivity index (χ3v) is 9.91. The quantitative estimate of drug-likeness (QED) is 0.242. The van der Waals surface area contributed by atoms with Crippen LogP contribution in [-0.4, -0.2) is 63.0 Å². The number of likely N-dealkylation sites (tertiary alicyclic amines) is 1. The first-order valence-electron chi connectivity index (χ1n) is 13.0. The molecule has 1 N–H and O–H groups in total. The molecule has 0 radical (unpaired) electrons. The molecule has 2 fully saturated rings. The topological polar surface area (TPSA) is 97.5 Å². The van der Waals surface area contributed by atoms with E-state index in [1.807, 2.05) is 33.6 Å². The second-order valence-electron chi connectivity index (χ2n) is 10.5. The number of aryl methyl sites for hydroxylation is 1. The fraction of sp³-hybridized carbons (Fsp3) is 0.429. The highest BCUT2D eigenvalue weighted by atomic mass is 32.1. The first kappa shape index (κ1) is 25.4. The molecule has 0 bridgehead atoms. The zero-order valence-corrected chi connectivity index (χ0v) is 22.6. The minimum Gasteiger partial charge on any atom is -0.460 e. The first-order chi connectivity index (χ1) is 18.5. The SMILES string of the molecule is O=Cc1ccc2c(c1)nnn2CCCN1CC2(CCC(OC(=O)C(O)(c3cccs3)c3cccs3)CC2)C1. The molecule has 3 aromatic heterocycles. The summed E-state index contributed by atoms with van der Waals surface area (Å²) in [4.78, 5) is 27.9. The Kier molecular flexibility index (Phi) is 6.90. The van der Waals surface area contributed by atoms with E-state index in [2.05, 4.69) is 15.2 Å². The van der Waals surface area contributed by atoms with E-state index < -0.39 is 11.6 Å². The third kappa shape index (κ3) is 4.70. The molecule has 2 aliphatic rings. The average Bonchev–Trinajstić information content (AvgIpc) is 3.71. The fourth-order valence-electron chi connectivity index (χ4n) is 5.90. The van der Waals surface area contributed by atoms with Crippen molar-refractivity contribution in [3.8, 4) is 0 Å². The largest absolute Gasteiger partial charge is 0.460 e. The number of benzene rings is 1. The Morgan fingerprint density at radius 2 is 1.82 bits per heavy atom. The molecule has 1 saturated carbocycles. The number of hydrogen-bond donors (Lipinski definition) is 1. The monoisotopic (exact) mass is 550 g/mol. The molecule has 0 atom stereocenters. The van der Waals surface area contributed by atoms with Gasteiger partial charge in [-0.05, 0) is 85.2 Å². The van der Waals surface area contributed by atoms with Crippen LogP contribution in [0.15, 0.2) is 53.2 Å². The van der Waals surface area contributed by atoms with Crippen molar-refractivity contribution in [1.29, 1.82) is 0 Å². The van der Waals surface area contributed by atoms with Gasteiger partial charge in [-0.25, -0.2) is 9.48 Å². The number of thiophene rings is 2. The fourth-order valence-corrected chi connectivity index (χ4v) is 7.61. The molecule has 0 unspecified atom stereocenters. The number of aldehydes is 1. The lowest BCUT2D eigenvalue weighted by atomic mass is 9.68. The smallest absolute Gasteiger partial charge is 0.349 e. The van der Waals surface area contributed by atoms with Crippen LogP contribution in [0.3, 0.4) is 0 Å². The molecule has 0 amide bonds. The predicted octanol–water partition coefficient (Wildman–Crippen LogP) is 4.48. The third-order valence-electron chi connectivity index (χ3n) is 7.95. The van der Waals surface area contributed by atoms with Gasteiger partial charge in [0, 0.05) is 25.2 Å². The lowest BCUT2D eigenvalue weighted by Gasteiger charge is -2.53. The zero-order valence-electron chi connectivity index (χ0n) is 21.0. The Labute approximate surface area is 228 Å². The normalized spacial score (nSPS) is 18.0. The molecule has 4 heterocycles. The molecule has 38 heavy (non-hydrogen) atoms. The number of nitrogens with zero attached hydrogens (tertiary/aromatic N) is 4. The lowest BCUT2D eigenvalue weighted by molar-refractivity contribution is -0.171. The summed E-state index contributed by atoms with van der Waals surface area (Å²) < 4.78 is 7.83. The number of ether oxygens (including phenoxy) is 1. The van der Waals surface area contributed by atoms with Crippen LogP contribution in [0.5, 0.6) is 0 Å². The highest BCUT2D eigenvalue weighted by Gasteiger charge is 2.48. The molecule has 1 aromatic carbocycles. The Morgan fingerprint density at radius 1 is 1.11 bits per heavy atom. The molecule has 6 rings (SSSR count). The number of rotatable bonds is 9. The number of esters is 1. The standard InChI is InChI=1S/C28H30N4O4S2/c33-17-20-6-7-23-22(16-20)29-30-32(23)13-3-12-31-18-27(19-31)10-8-21(9-11-27)36-26(34)28(35,24-4-1-14-37-24)25-5-2-15-38-25/h1-2,4-7,14-17,21,35H,3,8-13,18-19H2. The average molecular weight is 551 g/mol.